The van der Waals surface area contributed by atoms with Gasteiger partial charge in [0.25, 0.3) is 0 Å². The number of nitrogens with zero attached hydrogens (tertiary/aromatic N) is 1. The highest BCUT2D eigenvalue weighted by Gasteiger charge is 2.15. The van der Waals surface area contributed by atoms with Crippen LogP contribution in [0.4, 0.5) is 0 Å². The molecule has 2 heterocycles. The monoisotopic (exact) mass is 405 g/mol. The molecule has 1 atom stereocenters. The van der Waals surface area contributed by atoms with Crippen LogP contribution >= 0.6 is 0 Å². The number of hydrogen-bond acceptors (Lipinski definition) is 6. The molecule has 0 bridgehead atoms. The Morgan fingerprint density at radius 1 is 1.03 bits per heavy atom. The minimum absolute atomic E-state index is 0.102. The summed E-state index contributed by atoms with van der Waals surface area (Å²) in [6.07, 6.45) is 4.05. The van der Waals surface area contributed by atoms with E-state index in [-0.39, 0.29) is 12.5 Å². The standard InChI is InChI=1S/C24H23NO5/c1-15(7-10-26)17-3-4-18-19-12-22(28-2)23(29-14-16-5-8-25-9-6-16)13-21(19)30-24(27)20(18)11-17/h3-6,8-9,11-13,15,26H,7,10,14H2,1-2H3. The summed E-state index contributed by atoms with van der Waals surface area (Å²) in [6.45, 7) is 2.47. The maximum atomic E-state index is 12.7. The van der Waals surface area contributed by atoms with E-state index in [0.717, 1.165) is 21.9 Å². The highest BCUT2D eigenvalue weighted by Crippen LogP contribution is 2.36. The normalized spacial score (nSPS) is 12.2. The molecule has 154 valence electrons. The Labute approximate surface area is 173 Å². The summed E-state index contributed by atoms with van der Waals surface area (Å²) in [6, 6.07) is 13.0. The molecule has 0 aliphatic carbocycles. The molecule has 0 saturated heterocycles. The molecule has 6 nitrogen and oxygen atoms in total. The molecule has 4 rings (SSSR count). The molecule has 1 unspecified atom stereocenters. The fourth-order valence-corrected chi connectivity index (χ4v) is 3.54. The maximum Gasteiger partial charge on any atom is 0.344 e. The molecule has 0 radical (unpaired) electrons. The second-order valence-corrected chi connectivity index (χ2v) is 7.25. The van der Waals surface area contributed by atoms with Gasteiger partial charge >= 0.3 is 5.63 Å². The molecule has 0 saturated carbocycles. The van der Waals surface area contributed by atoms with E-state index in [1.165, 1.54) is 0 Å². The first-order valence-electron chi connectivity index (χ1n) is 9.81. The van der Waals surface area contributed by atoms with Crippen molar-refractivity contribution >= 4 is 21.7 Å². The van der Waals surface area contributed by atoms with E-state index in [1.54, 1.807) is 25.6 Å². The van der Waals surface area contributed by atoms with Crippen molar-refractivity contribution in [3.8, 4) is 11.5 Å². The van der Waals surface area contributed by atoms with E-state index >= 15 is 0 Å². The van der Waals surface area contributed by atoms with Crippen molar-refractivity contribution in [3.63, 3.8) is 0 Å². The molecule has 2 aromatic carbocycles. The Hall–Kier alpha value is -3.38. The van der Waals surface area contributed by atoms with Crippen molar-refractivity contribution in [1.82, 2.24) is 4.98 Å². The summed E-state index contributed by atoms with van der Waals surface area (Å²) < 4.78 is 17.1. The average Bonchev–Trinajstić information content (AvgIpc) is 2.78. The zero-order valence-corrected chi connectivity index (χ0v) is 16.9. The van der Waals surface area contributed by atoms with Crippen molar-refractivity contribution in [1.29, 1.82) is 0 Å². The molecule has 0 fully saturated rings. The lowest BCUT2D eigenvalue weighted by Crippen LogP contribution is -2.04. The van der Waals surface area contributed by atoms with Gasteiger partial charge in [-0.15, -0.1) is 0 Å². The van der Waals surface area contributed by atoms with Gasteiger partial charge in [-0.1, -0.05) is 19.1 Å². The summed E-state index contributed by atoms with van der Waals surface area (Å²) >= 11 is 0. The Morgan fingerprint density at radius 3 is 2.57 bits per heavy atom. The van der Waals surface area contributed by atoms with Gasteiger partial charge in [-0.3, -0.25) is 4.98 Å². The van der Waals surface area contributed by atoms with Crippen LogP contribution in [0.15, 0.2) is 64.1 Å². The second-order valence-electron chi connectivity index (χ2n) is 7.25. The van der Waals surface area contributed by atoms with Gasteiger partial charge in [-0.05, 0) is 47.7 Å². The first-order chi connectivity index (χ1) is 14.6. The zero-order valence-electron chi connectivity index (χ0n) is 16.9. The highest BCUT2D eigenvalue weighted by molar-refractivity contribution is 6.05. The molecule has 4 aromatic rings. The number of rotatable bonds is 7. The number of methoxy groups -OCH3 is 1. The first kappa shape index (κ1) is 19.9. The number of fused-ring (bicyclic) bond motifs is 3. The van der Waals surface area contributed by atoms with Crippen LogP contribution in [-0.2, 0) is 6.61 Å². The van der Waals surface area contributed by atoms with Crippen LogP contribution in [0.5, 0.6) is 11.5 Å². The molecule has 30 heavy (non-hydrogen) atoms. The number of aliphatic hydroxyl groups excluding tert-OH is 1. The van der Waals surface area contributed by atoms with E-state index < -0.39 is 5.63 Å². The van der Waals surface area contributed by atoms with Crippen molar-refractivity contribution in [3.05, 3.63) is 76.4 Å². The van der Waals surface area contributed by atoms with Crippen LogP contribution in [0.3, 0.4) is 0 Å². The van der Waals surface area contributed by atoms with Gasteiger partial charge in [0.1, 0.15) is 12.2 Å². The molecule has 0 aliphatic heterocycles. The summed E-state index contributed by atoms with van der Waals surface area (Å²) in [4.78, 5) is 16.7. The van der Waals surface area contributed by atoms with E-state index in [2.05, 4.69) is 4.98 Å². The molecular weight excluding hydrogens is 382 g/mol. The Kier molecular flexibility index (Phi) is 5.68. The molecular formula is C24H23NO5. The number of aliphatic hydroxyl groups is 1. The van der Waals surface area contributed by atoms with Gasteiger partial charge in [0.05, 0.1) is 12.5 Å². The van der Waals surface area contributed by atoms with E-state index in [9.17, 15) is 9.90 Å². The highest BCUT2D eigenvalue weighted by atomic mass is 16.5. The van der Waals surface area contributed by atoms with E-state index in [1.807, 2.05) is 43.3 Å². The first-order valence-corrected chi connectivity index (χ1v) is 9.81. The van der Waals surface area contributed by atoms with Crippen LogP contribution in [0.1, 0.15) is 30.4 Å². The van der Waals surface area contributed by atoms with Crippen molar-refractivity contribution in [2.75, 3.05) is 13.7 Å². The molecule has 0 amide bonds. The Morgan fingerprint density at radius 2 is 1.83 bits per heavy atom. The Bertz CT molecular complexity index is 1230. The van der Waals surface area contributed by atoms with E-state index in [0.29, 0.717) is 35.5 Å². The van der Waals surface area contributed by atoms with Gasteiger partial charge in [0.2, 0.25) is 0 Å². The van der Waals surface area contributed by atoms with E-state index in [4.69, 9.17) is 13.9 Å². The number of hydrogen-bond donors (Lipinski definition) is 1. The fourth-order valence-electron chi connectivity index (χ4n) is 3.54. The van der Waals surface area contributed by atoms with Gasteiger partial charge in [0.15, 0.2) is 11.5 Å². The molecule has 0 aliphatic rings. The van der Waals surface area contributed by atoms with Crippen LogP contribution in [0.25, 0.3) is 21.7 Å². The van der Waals surface area contributed by atoms with Gasteiger partial charge in [-0.2, -0.15) is 0 Å². The summed E-state index contributed by atoms with van der Waals surface area (Å²) in [5.41, 5.74) is 2.00. The zero-order chi connectivity index (χ0) is 21.1. The van der Waals surface area contributed by atoms with Crippen LogP contribution < -0.4 is 15.1 Å². The van der Waals surface area contributed by atoms with Gasteiger partial charge in [0, 0.05) is 35.8 Å². The number of pyridine rings is 1. The molecule has 2 aromatic heterocycles. The number of aromatic nitrogens is 1. The van der Waals surface area contributed by atoms with Crippen molar-refractivity contribution < 1.29 is 19.0 Å². The average molecular weight is 405 g/mol. The smallest absolute Gasteiger partial charge is 0.344 e. The molecule has 0 spiro atoms. The number of ether oxygens (including phenoxy) is 2. The SMILES string of the molecule is COc1cc2c(cc1OCc1ccncc1)oc(=O)c1cc(C(C)CCO)ccc12. The summed E-state index contributed by atoms with van der Waals surface area (Å²) in [5, 5.41) is 11.3. The summed E-state index contributed by atoms with van der Waals surface area (Å²) in [5.74, 6) is 1.20. The predicted octanol–water partition coefficient (Wildman–Crippen LogP) is 4.41. The third-order valence-corrected chi connectivity index (χ3v) is 5.30. The quantitative estimate of drug-likeness (QED) is 0.362. The maximum absolute atomic E-state index is 12.7. The Balaban J connectivity index is 1.78. The van der Waals surface area contributed by atoms with Crippen LogP contribution in [-0.4, -0.2) is 23.8 Å². The van der Waals surface area contributed by atoms with Gasteiger partial charge < -0.3 is 19.0 Å². The minimum atomic E-state index is -0.402. The predicted molar refractivity (Wildman–Crippen MR) is 115 cm³/mol. The van der Waals surface area contributed by atoms with Crippen LogP contribution in [0.2, 0.25) is 0 Å². The molecule has 6 heteroatoms. The molecule has 1 N–H and O–H groups in total. The minimum Gasteiger partial charge on any atom is -0.493 e. The van der Waals surface area contributed by atoms with Crippen LogP contribution in [0, 0.1) is 0 Å². The fraction of sp³-hybridized carbons (Fsp3) is 0.250. The topological polar surface area (TPSA) is 81.8 Å². The van der Waals surface area contributed by atoms with Crippen molar-refractivity contribution in [2.45, 2.75) is 25.9 Å². The lowest BCUT2D eigenvalue weighted by molar-refractivity contribution is 0.278. The lowest BCUT2D eigenvalue weighted by Gasteiger charge is -2.14. The summed E-state index contributed by atoms with van der Waals surface area (Å²) in [7, 11) is 1.58. The third-order valence-electron chi connectivity index (χ3n) is 5.30. The largest absolute Gasteiger partial charge is 0.493 e. The van der Waals surface area contributed by atoms with Crippen molar-refractivity contribution in [2.24, 2.45) is 0 Å². The lowest BCUT2D eigenvalue weighted by atomic mass is 9.95. The number of benzene rings is 2. The third kappa shape index (κ3) is 3.86. The second kappa shape index (κ2) is 8.55. The van der Waals surface area contributed by atoms with Gasteiger partial charge in [-0.25, -0.2) is 4.79 Å².